The molecule has 0 radical (unpaired) electrons. The first-order valence-corrected chi connectivity index (χ1v) is 8.06. The van der Waals surface area contributed by atoms with Gasteiger partial charge in [0.1, 0.15) is 11.5 Å². The number of ketones is 1. The van der Waals surface area contributed by atoms with Crippen molar-refractivity contribution in [3.8, 4) is 5.75 Å². The first-order valence-electron chi connectivity index (χ1n) is 8.06. The maximum absolute atomic E-state index is 12.3. The van der Waals surface area contributed by atoms with Crippen molar-refractivity contribution < 1.29 is 9.53 Å². The molecule has 1 heterocycles. The highest BCUT2D eigenvalue weighted by molar-refractivity contribution is 5.82. The number of ether oxygens (including phenoxy) is 1. The van der Waals surface area contributed by atoms with E-state index < -0.39 is 0 Å². The number of fused-ring (bicyclic) bond motifs is 1. The third kappa shape index (κ3) is 1.80. The smallest absolute Gasteiger partial charge is 0.134 e. The Morgan fingerprint density at radius 3 is 3.00 bits per heavy atom. The molecule has 112 valence electrons. The van der Waals surface area contributed by atoms with Crippen molar-refractivity contribution in [1.82, 2.24) is 5.32 Å². The van der Waals surface area contributed by atoms with Crippen molar-refractivity contribution in [3.63, 3.8) is 0 Å². The van der Waals surface area contributed by atoms with Crippen LogP contribution < -0.4 is 10.1 Å². The van der Waals surface area contributed by atoms with Crippen LogP contribution in [-0.4, -0.2) is 25.5 Å². The summed E-state index contributed by atoms with van der Waals surface area (Å²) < 4.78 is 5.45. The Kier molecular flexibility index (Phi) is 2.90. The van der Waals surface area contributed by atoms with Gasteiger partial charge in [0.15, 0.2) is 0 Å². The van der Waals surface area contributed by atoms with Crippen LogP contribution in [0, 0.1) is 11.8 Å². The molecule has 1 saturated heterocycles. The lowest BCUT2D eigenvalue weighted by molar-refractivity contribution is -0.127. The van der Waals surface area contributed by atoms with E-state index in [2.05, 4.69) is 30.4 Å². The molecular weight excluding hydrogens is 262 g/mol. The quantitative estimate of drug-likeness (QED) is 0.861. The molecule has 3 nitrogen and oxygen atoms in total. The van der Waals surface area contributed by atoms with Gasteiger partial charge in [-0.25, -0.2) is 0 Å². The Balaban J connectivity index is 1.91. The molecule has 1 aromatic rings. The number of carbonyl (C=O) groups excluding carboxylic acids is 1. The van der Waals surface area contributed by atoms with Crippen molar-refractivity contribution >= 4 is 5.78 Å². The fourth-order valence-electron chi connectivity index (χ4n) is 5.39. The first-order chi connectivity index (χ1) is 10.1. The minimum absolute atomic E-state index is 0.0484. The number of Topliss-reactive ketones (excluding diaryl/α,β-unsaturated/α-hetero) is 1. The average molecular weight is 285 g/mol. The van der Waals surface area contributed by atoms with Crippen LogP contribution in [0.25, 0.3) is 0 Å². The number of piperidine rings is 1. The van der Waals surface area contributed by atoms with E-state index in [1.54, 1.807) is 7.11 Å². The number of rotatable bonds is 1. The Labute approximate surface area is 126 Å². The second kappa shape index (κ2) is 4.57. The van der Waals surface area contributed by atoms with Crippen molar-refractivity contribution in [1.29, 1.82) is 0 Å². The summed E-state index contributed by atoms with van der Waals surface area (Å²) in [7, 11) is 1.72. The number of hydrogen-bond acceptors (Lipinski definition) is 3. The van der Waals surface area contributed by atoms with Crippen LogP contribution in [0.2, 0.25) is 0 Å². The molecule has 1 aromatic carbocycles. The summed E-state index contributed by atoms with van der Waals surface area (Å²) in [6, 6.07) is 6.99. The largest absolute Gasteiger partial charge is 0.497 e. The number of nitrogens with one attached hydrogen (secondary N) is 1. The van der Waals surface area contributed by atoms with E-state index in [1.165, 1.54) is 11.1 Å². The van der Waals surface area contributed by atoms with Gasteiger partial charge < -0.3 is 10.1 Å². The topological polar surface area (TPSA) is 38.3 Å². The van der Waals surface area contributed by atoms with E-state index >= 15 is 0 Å². The molecular formula is C18H23NO2. The normalized spacial score (nSPS) is 37.6. The van der Waals surface area contributed by atoms with Gasteiger partial charge in [-0.2, -0.15) is 0 Å². The Morgan fingerprint density at radius 2 is 2.19 bits per heavy atom. The molecule has 3 aliphatic rings. The highest BCUT2D eigenvalue weighted by Gasteiger charge is 2.55. The number of hydrogen-bond donors (Lipinski definition) is 1. The fraction of sp³-hybridized carbons (Fsp3) is 0.611. The summed E-state index contributed by atoms with van der Waals surface area (Å²) >= 11 is 0. The minimum atomic E-state index is 0.0484. The zero-order valence-corrected chi connectivity index (χ0v) is 12.8. The van der Waals surface area contributed by atoms with Gasteiger partial charge in [-0.05, 0) is 54.5 Å². The van der Waals surface area contributed by atoms with Crippen molar-refractivity contribution in [2.45, 2.75) is 44.1 Å². The maximum atomic E-state index is 12.3. The van der Waals surface area contributed by atoms with Gasteiger partial charge in [0, 0.05) is 24.3 Å². The third-order valence-electron chi connectivity index (χ3n) is 6.02. The molecule has 1 unspecified atom stereocenters. The molecule has 2 fully saturated rings. The lowest BCUT2D eigenvalue weighted by atomic mass is 9.50. The van der Waals surface area contributed by atoms with Crippen LogP contribution in [0.4, 0.5) is 0 Å². The van der Waals surface area contributed by atoms with Crippen LogP contribution in [0.3, 0.4) is 0 Å². The second-order valence-electron chi connectivity index (χ2n) is 7.12. The number of carbonyl (C=O) groups is 1. The minimum Gasteiger partial charge on any atom is -0.497 e. The van der Waals surface area contributed by atoms with E-state index in [1.807, 2.05) is 0 Å². The Bertz CT molecular complexity index is 597. The third-order valence-corrected chi connectivity index (χ3v) is 6.02. The summed E-state index contributed by atoms with van der Waals surface area (Å²) in [5.74, 6) is 2.42. The number of benzene rings is 1. The van der Waals surface area contributed by atoms with Gasteiger partial charge in [0.2, 0.25) is 0 Å². The second-order valence-corrected chi connectivity index (χ2v) is 7.12. The lowest BCUT2D eigenvalue weighted by Crippen LogP contribution is -2.62. The zero-order valence-electron chi connectivity index (χ0n) is 12.8. The molecule has 4 rings (SSSR count). The highest BCUT2D eigenvalue weighted by Crippen LogP contribution is 2.55. The van der Waals surface area contributed by atoms with Gasteiger partial charge in [0.05, 0.1) is 7.11 Å². The van der Waals surface area contributed by atoms with E-state index in [9.17, 15) is 4.79 Å². The predicted molar refractivity (Wildman–Crippen MR) is 81.7 cm³/mol. The molecule has 0 aromatic heterocycles. The zero-order chi connectivity index (χ0) is 14.6. The van der Waals surface area contributed by atoms with Gasteiger partial charge in [-0.1, -0.05) is 13.0 Å². The van der Waals surface area contributed by atoms with Gasteiger partial charge >= 0.3 is 0 Å². The van der Waals surface area contributed by atoms with Crippen LogP contribution in [-0.2, 0) is 16.6 Å². The summed E-state index contributed by atoms with van der Waals surface area (Å²) in [4.78, 5) is 12.3. The SMILES string of the molecule is COc1ccc2c(c1)[C@]13CCN[C@H](C2)[C@@H]1C(C)CC(=O)C3. The summed E-state index contributed by atoms with van der Waals surface area (Å²) in [6.07, 6.45) is 3.64. The van der Waals surface area contributed by atoms with Gasteiger partial charge in [0.25, 0.3) is 0 Å². The van der Waals surface area contributed by atoms with Crippen LogP contribution in [0.1, 0.15) is 37.3 Å². The molecule has 3 heteroatoms. The maximum Gasteiger partial charge on any atom is 0.134 e. The molecule has 4 atom stereocenters. The average Bonchev–Trinajstić information content (AvgIpc) is 2.46. The first kappa shape index (κ1) is 13.3. The van der Waals surface area contributed by atoms with E-state index in [0.29, 0.717) is 23.7 Å². The van der Waals surface area contributed by atoms with E-state index in [-0.39, 0.29) is 5.41 Å². The molecule has 1 N–H and O–H groups in total. The standard InChI is InChI=1S/C18H23NO2/c1-11-7-13(20)10-18-5-6-19-16(17(11)18)8-12-3-4-14(21-2)9-15(12)18/h3-4,9,11,16-17,19H,5-8,10H2,1-2H3/t11?,16-,17+,18-/m1/s1. The molecule has 2 bridgehead atoms. The Morgan fingerprint density at radius 1 is 1.33 bits per heavy atom. The summed E-state index contributed by atoms with van der Waals surface area (Å²) in [5, 5.41) is 3.72. The molecule has 1 aliphatic heterocycles. The monoisotopic (exact) mass is 285 g/mol. The summed E-state index contributed by atoms with van der Waals surface area (Å²) in [5.41, 5.74) is 2.85. The molecule has 1 saturated carbocycles. The molecule has 0 spiro atoms. The highest BCUT2D eigenvalue weighted by atomic mass is 16.5. The van der Waals surface area contributed by atoms with Crippen molar-refractivity contribution in [2.24, 2.45) is 11.8 Å². The molecule has 0 amide bonds. The van der Waals surface area contributed by atoms with Gasteiger partial charge in [-0.3, -0.25) is 4.79 Å². The predicted octanol–water partition coefficient (Wildman–Crippen LogP) is 2.47. The molecule has 2 aliphatic carbocycles. The Hall–Kier alpha value is -1.35. The van der Waals surface area contributed by atoms with Crippen LogP contribution >= 0.6 is 0 Å². The van der Waals surface area contributed by atoms with Crippen molar-refractivity contribution in [3.05, 3.63) is 29.3 Å². The van der Waals surface area contributed by atoms with E-state index in [4.69, 9.17) is 4.74 Å². The summed E-state index contributed by atoms with van der Waals surface area (Å²) in [6.45, 7) is 3.29. The van der Waals surface area contributed by atoms with E-state index in [0.717, 1.165) is 38.0 Å². The van der Waals surface area contributed by atoms with Crippen molar-refractivity contribution in [2.75, 3.05) is 13.7 Å². The van der Waals surface area contributed by atoms with Gasteiger partial charge in [-0.15, -0.1) is 0 Å². The van der Waals surface area contributed by atoms with Crippen LogP contribution in [0.5, 0.6) is 5.75 Å². The lowest BCUT2D eigenvalue weighted by Gasteiger charge is -2.57. The fourth-order valence-corrected chi connectivity index (χ4v) is 5.39. The number of methoxy groups -OCH3 is 1. The van der Waals surface area contributed by atoms with Crippen LogP contribution in [0.15, 0.2) is 18.2 Å². The molecule has 21 heavy (non-hydrogen) atoms.